The predicted molar refractivity (Wildman–Crippen MR) is 119 cm³/mol. The molecule has 0 bridgehead atoms. The van der Waals surface area contributed by atoms with Crippen molar-refractivity contribution in [2.45, 2.75) is 13.5 Å². The van der Waals surface area contributed by atoms with Crippen LogP contribution in [0.4, 0.5) is 0 Å². The van der Waals surface area contributed by atoms with Crippen molar-refractivity contribution in [3.63, 3.8) is 0 Å². The first-order valence-electron chi connectivity index (χ1n) is 10.0. The van der Waals surface area contributed by atoms with Gasteiger partial charge in [0.15, 0.2) is 0 Å². The van der Waals surface area contributed by atoms with E-state index in [1.54, 1.807) is 51.8 Å². The van der Waals surface area contributed by atoms with Crippen LogP contribution in [0.15, 0.2) is 83.8 Å². The summed E-state index contributed by atoms with van der Waals surface area (Å²) in [6.45, 7) is 2.02. The van der Waals surface area contributed by atoms with E-state index < -0.39 is 0 Å². The first kappa shape index (κ1) is 19.5. The minimum atomic E-state index is -0.123. The van der Waals surface area contributed by atoms with Crippen LogP contribution >= 0.6 is 0 Å². The first-order chi connectivity index (χ1) is 15.6. The molecule has 0 aliphatic heterocycles. The van der Waals surface area contributed by atoms with E-state index in [9.17, 15) is 9.90 Å². The van der Waals surface area contributed by atoms with Gasteiger partial charge in [-0.1, -0.05) is 23.4 Å². The normalized spacial score (nSPS) is 11.0. The number of ether oxygens (including phenoxy) is 1. The van der Waals surface area contributed by atoms with Crippen LogP contribution in [0, 0.1) is 6.92 Å². The highest BCUT2D eigenvalue weighted by atomic mass is 16.5. The Morgan fingerprint density at radius 2 is 1.78 bits per heavy atom. The molecular formula is C24H19N5O3. The molecule has 0 spiro atoms. The van der Waals surface area contributed by atoms with Gasteiger partial charge in [0.05, 0.1) is 28.5 Å². The Labute approximate surface area is 183 Å². The molecule has 0 atom stereocenters. The molecule has 0 unspecified atom stereocenters. The van der Waals surface area contributed by atoms with Crippen LogP contribution in [-0.4, -0.2) is 29.7 Å². The maximum Gasteiger partial charge on any atom is 0.265 e. The van der Waals surface area contributed by atoms with Gasteiger partial charge in [-0.05, 0) is 55.5 Å². The van der Waals surface area contributed by atoms with Crippen LogP contribution in [0.2, 0.25) is 0 Å². The Morgan fingerprint density at radius 1 is 0.969 bits per heavy atom. The molecule has 0 saturated carbocycles. The maximum absolute atomic E-state index is 13.0. The molecule has 5 rings (SSSR count). The van der Waals surface area contributed by atoms with Crippen LogP contribution in [-0.2, 0) is 6.61 Å². The summed E-state index contributed by atoms with van der Waals surface area (Å²) in [7, 11) is 0. The number of aryl methyl sites for hydroxylation is 1. The number of phenols is 1. The standard InChI is InChI=1S/C24H19N5O3/c1-16-25-23-8-3-2-7-22(23)24(31)29(16)19-5-4-6-21(13-19)32-15-17-14-28(27-26-17)18-9-11-20(30)12-10-18/h2-14,30H,15H2,1H3. The third-order valence-electron chi connectivity index (χ3n) is 5.06. The molecular weight excluding hydrogens is 406 g/mol. The number of rotatable bonds is 5. The fourth-order valence-corrected chi connectivity index (χ4v) is 3.51. The highest BCUT2D eigenvalue weighted by Gasteiger charge is 2.11. The summed E-state index contributed by atoms with van der Waals surface area (Å²) in [4.78, 5) is 17.6. The largest absolute Gasteiger partial charge is 0.508 e. The number of hydrogen-bond acceptors (Lipinski definition) is 6. The Kier molecular flexibility index (Phi) is 4.87. The zero-order chi connectivity index (χ0) is 22.1. The van der Waals surface area contributed by atoms with Crippen molar-refractivity contribution in [1.29, 1.82) is 0 Å². The number of phenolic OH excluding ortho intramolecular Hbond substituents is 1. The van der Waals surface area contributed by atoms with Crippen molar-refractivity contribution < 1.29 is 9.84 Å². The molecule has 0 fully saturated rings. The van der Waals surface area contributed by atoms with Gasteiger partial charge in [-0.15, -0.1) is 5.10 Å². The molecule has 0 aliphatic carbocycles. The van der Waals surface area contributed by atoms with Crippen molar-refractivity contribution >= 4 is 10.9 Å². The van der Waals surface area contributed by atoms with Gasteiger partial charge < -0.3 is 9.84 Å². The second-order valence-electron chi connectivity index (χ2n) is 7.27. The number of hydrogen-bond donors (Lipinski definition) is 1. The molecule has 8 heteroatoms. The molecule has 0 saturated heterocycles. The van der Waals surface area contributed by atoms with Gasteiger partial charge in [0, 0.05) is 6.07 Å². The van der Waals surface area contributed by atoms with Crippen molar-refractivity contribution in [2.24, 2.45) is 0 Å². The maximum atomic E-state index is 13.0. The SMILES string of the molecule is Cc1nc2ccccc2c(=O)n1-c1cccc(OCc2cn(-c3ccc(O)cc3)nn2)c1. The smallest absolute Gasteiger partial charge is 0.265 e. The Bertz CT molecular complexity index is 1470. The number of nitrogens with zero attached hydrogens (tertiary/aromatic N) is 5. The lowest BCUT2D eigenvalue weighted by atomic mass is 10.2. The summed E-state index contributed by atoms with van der Waals surface area (Å²) in [6, 6.07) is 21.3. The van der Waals surface area contributed by atoms with Crippen molar-refractivity contribution in [1.82, 2.24) is 24.5 Å². The topological polar surface area (TPSA) is 95.1 Å². The van der Waals surface area contributed by atoms with Gasteiger partial charge in [-0.2, -0.15) is 0 Å². The fourth-order valence-electron chi connectivity index (χ4n) is 3.51. The van der Waals surface area contributed by atoms with E-state index in [0.717, 1.165) is 5.69 Å². The average molecular weight is 425 g/mol. The number of benzene rings is 3. The zero-order valence-electron chi connectivity index (χ0n) is 17.2. The van der Waals surface area contributed by atoms with E-state index in [1.807, 2.05) is 43.3 Å². The number of aromatic nitrogens is 5. The summed E-state index contributed by atoms with van der Waals surface area (Å²) < 4.78 is 9.09. The lowest BCUT2D eigenvalue weighted by molar-refractivity contribution is 0.301. The van der Waals surface area contributed by atoms with E-state index in [-0.39, 0.29) is 17.9 Å². The monoisotopic (exact) mass is 425 g/mol. The van der Waals surface area contributed by atoms with Gasteiger partial charge in [0.25, 0.3) is 5.56 Å². The van der Waals surface area contributed by atoms with E-state index >= 15 is 0 Å². The highest BCUT2D eigenvalue weighted by molar-refractivity contribution is 5.77. The molecule has 32 heavy (non-hydrogen) atoms. The molecule has 1 N–H and O–H groups in total. The minimum Gasteiger partial charge on any atom is -0.508 e. The molecule has 2 aromatic heterocycles. The fraction of sp³-hybridized carbons (Fsp3) is 0.0833. The van der Waals surface area contributed by atoms with E-state index in [2.05, 4.69) is 15.3 Å². The summed E-state index contributed by atoms with van der Waals surface area (Å²) in [5.74, 6) is 1.39. The number of aromatic hydroxyl groups is 1. The van der Waals surface area contributed by atoms with Gasteiger partial charge in [0.2, 0.25) is 0 Å². The second-order valence-corrected chi connectivity index (χ2v) is 7.27. The summed E-state index contributed by atoms with van der Waals surface area (Å²) in [5.41, 5.74) is 2.65. The Balaban J connectivity index is 1.38. The third kappa shape index (κ3) is 3.69. The predicted octanol–water partition coefficient (Wildman–Crippen LogP) is 3.56. The average Bonchev–Trinajstić information content (AvgIpc) is 3.28. The van der Waals surface area contributed by atoms with Crippen LogP contribution in [0.25, 0.3) is 22.3 Å². The number of fused-ring (bicyclic) bond motifs is 1. The van der Waals surface area contributed by atoms with E-state index in [4.69, 9.17) is 4.74 Å². The van der Waals surface area contributed by atoms with Crippen molar-refractivity contribution in [3.05, 3.63) is 101 Å². The highest BCUT2D eigenvalue weighted by Crippen LogP contribution is 2.19. The summed E-state index contributed by atoms with van der Waals surface area (Å²) in [5, 5.41) is 18.2. The van der Waals surface area contributed by atoms with Crippen LogP contribution < -0.4 is 10.3 Å². The first-order valence-corrected chi connectivity index (χ1v) is 10.0. The molecule has 2 heterocycles. The van der Waals surface area contributed by atoms with Crippen molar-refractivity contribution in [3.8, 4) is 22.9 Å². The molecule has 8 nitrogen and oxygen atoms in total. The van der Waals surface area contributed by atoms with Crippen LogP contribution in [0.5, 0.6) is 11.5 Å². The molecule has 158 valence electrons. The molecule has 0 radical (unpaired) electrons. The number of para-hydroxylation sites is 1. The van der Waals surface area contributed by atoms with Crippen LogP contribution in [0.1, 0.15) is 11.5 Å². The summed E-state index contributed by atoms with van der Waals surface area (Å²) in [6.07, 6.45) is 1.76. The Hall–Kier alpha value is -4.46. The molecule has 0 aliphatic rings. The van der Waals surface area contributed by atoms with Gasteiger partial charge in [-0.25, -0.2) is 9.67 Å². The molecule has 3 aromatic carbocycles. The quantitative estimate of drug-likeness (QED) is 0.463. The Morgan fingerprint density at radius 3 is 2.62 bits per heavy atom. The zero-order valence-corrected chi connectivity index (χ0v) is 17.2. The minimum absolute atomic E-state index is 0.123. The van der Waals surface area contributed by atoms with Gasteiger partial charge in [0.1, 0.15) is 29.6 Å². The van der Waals surface area contributed by atoms with Crippen molar-refractivity contribution in [2.75, 3.05) is 0 Å². The van der Waals surface area contributed by atoms with Gasteiger partial charge in [-0.3, -0.25) is 9.36 Å². The third-order valence-corrected chi connectivity index (χ3v) is 5.06. The lowest BCUT2D eigenvalue weighted by Crippen LogP contribution is -2.22. The lowest BCUT2D eigenvalue weighted by Gasteiger charge is -2.12. The van der Waals surface area contributed by atoms with E-state index in [1.165, 1.54) is 0 Å². The molecule has 0 amide bonds. The molecule has 5 aromatic rings. The summed E-state index contributed by atoms with van der Waals surface area (Å²) >= 11 is 0. The van der Waals surface area contributed by atoms with E-state index in [0.29, 0.717) is 33.9 Å². The second kappa shape index (κ2) is 7.99. The van der Waals surface area contributed by atoms with Crippen LogP contribution in [0.3, 0.4) is 0 Å². The van der Waals surface area contributed by atoms with Gasteiger partial charge >= 0.3 is 0 Å².